The molecule has 1 N–H and O–H groups in total. The van der Waals surface area contributed by atoms with Crippen LogP contribution in [0.4, 0.5) is 5.69 Å². The zero-order valence-corrected chi connectivity index (χ0v) is 16.4. The van der Waals surface area contributed by atoms with Gasteiger partial charge in [-0.25, -0.2) is 0 Å². The van der Waals surface area contributed by atoms with Gasteiger partial charge in [-0.3, -0.25) is 0 Å². The summed E-state index contributed by atoms with van der Waals surface area (Å²) in [6, 6.07) is 6.27. The molecule has 1 nitrogen and oxygen atoms in total. The van der Waals surface area contributed by atoms with Gasteiger partial charge in [0.25, 0.3) is 0 Å². The zero-order chi connectivity index (χ0) is 15.3. The second kappa shape index (κ2) is 12.5. The van der Waals surface area contributed by atoms with E-state index in [9.17, 15) is 0 Å². The number of halogens is 2. The SMILES string of the molecule is CCCCCCCCCCCCNc1ccc(Br)cc1Br. The van der Waals surface area contributed by atoms with Crippen molar-refractivity contribution >= 4 is 37.5 Å². The normalized spacial score (nSPS) is 10.8. The Balaban J connectivity index is 1.93. The van der Waals surface area contributed by atoms with Gasteiger partial charge in [-0.2, -0.15) is 0 Å². The molecule has 0 spiro atoms. The second-order valence-corrected chi connectivity index (χ2v) is 7.50. The second-order valence-electron chi connectivity index (χ2n) is 5.73. The number of hydrogen-bond acceptors (Lipinski definition) is 1. The van der Waals surface area contributed by atoms with Crippen LogP contribution in [0.1, 0.15) is 71.1 Å². The quantitative estimate of drug-likeness (QED) is 0.345. The minimum Gasteiger partial charge on any atom is -0.384 e. The largest absolute Gasteiger partial charge is 0.384 e. The third-order valence-corrected chi connectivity index (χ3v) is 4.93. The molecule has 0 radical (unpaired) electrons. The van der Waals surface area contributed by atoms with Crippen LogP contribution in [0.25, 0.3) is 0 Å². The van der Waals surface area contributed by atoms with Crippen molar-refractivity contribution < 1.29 is 0 Å². The van der Waals surface area contributed by atoms with E-state index >= 15 is 0 Å². The molecule has 1 aromatic carbocycles. The molecule has 0 bridgehead atoms. The van der Waals surface area contributed by atoms with E-state index in [1.54, 1.807) is 0 Å². The van der Waals surface area contributed by atoms with Crippen LogP contribution in [0.2, 0.25) is 0 Å². The van der Waals surface area contributed by atoms with Gasteiger partial charge < -0.3 is 5.32 Å². The summed E-state index contributed by atoms with van der Waals surface area (Å²) in [5, 5.41) is 3.50. The highest BCUT2D eigenvalue weighted by Crippen LogP contribution is 2.26. The number of unbranched alkanes of at least 4 members (excludes halogenated alkanes) is 9. The summed E-state index contributed by atoms with van der Waals surface area (Å²) in [6.07, 6.45) is 13.9. The van der Waals surface area contributed by atoms with Crippen LogP contribution in [0.15, 0.2) is 27.1 Å². The third-order valence-electron chi connectivity index (χ3n) is 3.78. The lowest BCUT2D eigenvalue weighted by Gasteiger charge is -2.08. The summed E-state index contributed by atoms with van der Waals surface area (Å²) < 4.78 is 2.24. The Bertz CT molecular complexity index is 379. The van der Waals surface area contributed by atoms with E-state index in [1.807, 2.05) is 0 Å². The highest BCUT2D eigenvalue weighted by molar-refractivity contribution is 9.11. The van der Waals surface area contributed by atoms with Crippen molar-refractivity contribution in [1.82, 2.24) is 0 Å². The van der Waals surface area contributed by atoms with Crippen LogP contribution in [0.5, 0.6) is 0 Å². The molecule has 21 heavy (non-hydrogen) atoms. The minimum atomic E-state index is 1.07. The van der Waals surface area contributed by atoms with E-state index < -0.39 is 0 Å². The molecule has 1 rings (SSSR count). The number of benzene rings is 1. The Morgan fingerprint density at radius 2 is 1.38 bits per heavy atom. The monoisotopic (exact) mass is 417 g/mol. The first-order valence-corrected chi connectivity index (χ1v) is 10.0. The number of nitrogens with one attached hydrogen (secondary N) is 1. The average Bonchev–Trinajstić information content (AvgIpc) is 2.46. The maximum absolute atomic E-state index is 3.58. The van der Waals surface area contributed by atoms with Crippen LogP contribution in [0, 0.1) is 0 Å². The van der Waals surface area contributed by atoms with Gasteiger partial charge in [0.2, 0.25) is 0 Å². The molecular weight excluding hydrogens is 390 g/mol. The maximum Gasteiger partial charge on any atom is 0.0485 e. The van der Waals surface area contributed by atoms with Crippen molar-refractivity contribution in [3.63, 3.8) is 0 Å². The smallest absolute Gasteiger partial charge is 0.0485 e. The summed E-state index contributed by atoms with van der Waals surface area (Å²) in [5.74, 6) is 0. The number of hydrogen-bond donors (Lipinski definition) is 1. The molecule has 1 aromatic rings. The van der Waals surface area contributed by atoms with Crippen molar-refractivity contribution in [3.05, 3.63) is 27.1 Å². The Kier molecular flexibility index (Phi) is 11.3. The molecular formula is C18H29Br2N. The molecule has 0 heterocycles. The van der Waals surface area contributed by atoms with E-state index in [-0.39, 0.29) is 0 Å². The van der Waals surface area contributed by atoms with E-state index in [0.717, 1.165) is 15.5 Å². The molecule has 0 aliphatic heterocycles. The fourth-order valence-corrected chi connectivity index (χ4v) is 3.66. The standard InChI is InChI=1S/C18H29Br2N/c1-2-3-4-5-6-7-8-9-10-11-14-21-18-13-12-16(19)15-17(18)20/h12-13,15,21H,2-11,14H2,1H3. The number of anilines is 1. The summed E-state index contributed by atoms with van der Waals surface area (Å²) in [5.41, 5.74) is 1.19. The van der Waals surface area contributed by atoms with Gasteiger partial charge in [0.05, 0.1) is 0 Å². The van der Waals surface area contributed by atoms with Crippen LogP contribution in [-0.2, 0) is 0 Å². The predicted molar refractivity (Wildman–Crippen MR) is 102 cm³/mol. The van der Waals surface area contributed by atoms with Crippen molar-refractivity contribution in [1.29, 1.82) is 0 Å². The first-order valence-electron chi connectivity index (χ1n) is 8.43. The fraction of sp³-hybridized carbons (Fsp3) is 0.667. The highest BCUT2D eigenvalue weighted by Gasteiger charge is 1.99. The molecule has 0 atom stereocenters. The Labute approximate surface area is 147 Å². The molecule has 0 aliphatic carbocycles. The van der Waals surface area contributed by atoms with Crippen molar-refractivity contribution in [2.45, 2.75) is 71.1 Å². The van der Waals surface area contributed by atoms with Crippen LogP contribution in [0.3, 0.4) is 0 Å². The molecule has 0 unspecified atom stereocenters. The van der Waals surface area contributed by atoms with Gasteiger partial charge in [-0.15, -0.1) is 0 Å². The molecule has 0 aliphatic rings. The van der Waals surface area contributed by atoms with E-state index in [1.165, 1.54) is 69.9 Å². The van der Waals surface area contributed by atoms with Gasteiger partial charge in [-0.05, 0) is 40.5 Å². The van der Waals surface area contributed by atoms with E-state index in [0.29, 0.717) is 0 Å². The molecule has 0 saturated heterocycles. The van der Waals surface area contributed by atoms with Crippen LogP contribution in [-0.4, -0.2) is 6.54 Å². The molecule has 0 saturated carbocycles. The Morgan fingerprint density at radius 3 is 1.95 bits per heavy atom. The topological polar surface area (TPSA) is 12.0 Å². The van der Waals surface area contributed by atoms with E-state index in [4.69, 9.17) is 0 Å². The van der Waals surface area contributed by atoms with Gasteiger partial charge >= 0.3 is 0 Å². The lowest BCUT2D eigenvalue weighted by molar-refractivity contribution is 0.560. The first kappa shape index (κ1) is 19.0. The summed E-state index contributed by atoms with van der Waals surface area (Å²) in [7, 11) is 0. The molecule has 0 fully saturated rings. The predicted octanol–water partition coefficient (Wildman–Crippen LogP) is 7.54. The third kappa shape index (κ3) is 9.57. The summed E-state index contributed by atoms with van der Waals surface area (Å²) >= 11 is 7.06. The molecule has 0 amide bonds. The molecule has 120 valence electrons. The minimum absolute atomic E-state index is 1.07. The van der Waals surface area contributed by atoms with Gasteiger partial charge in [-0.1, -0.05) is 80.6 Å². The van der Waals surface area contributed by atoms with Gasteiger partial charge in [0, 0.05) is 21.2 Å². The zero-order valence-electron chi connectivity index (χ0n) is 13.3. The Morgan fingerprint density at radius 1 is 0.810 bits per heavy atom. The first-order chi connectivity index (χ1) is 10.2. The van der Waals surface area contributed by atoms with Crippen LogP contribution >= 0.6 is 31.9 Å². The van der Waals surface area contributed by atoms with Crippen molar-refractivity contribution in [3.8, 4) is 0 Å². The fourth-order valence-electron chi connectivity index (χ4n) is 2.47. The molecule has 3 heteroatoms. The maximum atomic E-state index is 3.58. The Hall–Kier alpha value is -0.0200. The van der Waals surface area contributed by atoms with Crippen LogP contribution < -0.4 is 5.32 Å². The average molecular weight is 419 g/mol. The van der Waals surface area contributed by atoms with Gasteiger partial charge in [0.15, 0.2) is 0 Å². The van der Waals surface area contributed by atoms with Crippen molar-refractivity contribution in [2.75, 3.05) is 11.9 Å². The van der Waals surface area contributed by atoms with E-state index in [2.05, 4.69) is 62.3 Å². The van der Waals surface area contributed by atoms with Gasteiger partial charge in [0.1, 0.15) is 0 Å². The highest BCUT2D eigenvalue weighted by atomic mass is 79.9. The summed E-state index contributed by atoms with van der Waals surface area (Å²) in [4.78, 5) is 0. The summed E-state index contributed by atoms with van der Waals surface area (Å²) in [6.45, 7) is 3.34. The molecule has 0 aromatic heterocycles. The lowest BCUT2D eigenvalue weighted by Crippen LogP contribution is -2.01. The number of rotatable bonds is 12. The lowest BCUT2D eigenvalue weighted by atomic mass is 10.1. The van der Waals surface area contributed by atoms with Crippen molar-refractivity contribution in [2.24, 2.45) is 0 Å².